The molecule has 0 saturated heterocycles. The smallest absolute Gasteiger partial charge is 0.320 e. The van der Waals surface area contributed by atoms with Crippen molar-refractivity contribution in [3.05, 3.63) is 12.3 Å². The molecule has 1 heterocycles. The molecule has 0 radical (unpaired) electrons. The van der Waals surface area contributed by atoms with Crippen LogP contribution in [0.4, 0.5) is 10.6 Å². The number of anilines is 1. The predicted octanol–water partition coefficient (Wildman–Crippen LogP) is 2.12. The van der Waals surface area contributed by atoms with Crippen molar-refractivity contribution < 1.29 is 4.79 Å². The Labute approximate surface area is 102 Å². The maximum atomic E-state index is 11.8. The molecule has 94 valence electrons. The van der Waals surface area contributed by atoms with Gasteiger partial charge in [0.25, 0.3) is 0 Å². The van der Waals surface area contributed by atoms with Gasteiger partial charge in [-0.15, -0.1) is 0 Å². The summed E-state index contributed by atoms with van der Waals surface area (Å²) < 4.78 is 1.64. The van der Waals surface area contributed by atoms with E-state index in [4.69, 9.17) is 0 Å². The molecule has 2 amide bonds. The minimum Gasteiger partial charge on any atom is -0.335 e. The molecule has 2 unspecified atom stereocenters. The molecule has 1 aliphatic carbocycles. The maximum absolute atomic E-state index is 11.8. The molecule has 2 rings (SSSR count). The van der Waals surface area contributed by atoms with E-state index in [9.17, 15) is 4.79 Å². The van der Waals surface area contributed by atoms with Crippen LogP contribution in [0.3, 0.4) is 0 Å². The molecule has 1 saturated carbocycles. The van der Waals surface area contributed by atoms with E-state index in [-0.39, 0.29) is 6.03 Å². The fourth-order valence-electron chi connectivity index (χ4n) is 2.35. The number of rotatable bonds is 2. The lowest BCUT2D eigenvalue weighted by molar-refractivity contribution is 0.232. The minimum absolute atomic E-state index is 0.132. The molecule has 2 N–H and O–H groups in total. The number of urea groups is 1. The topological polar surface area (TPSA) is 59.0 Å². The summed E-state index contributed by atoms with van der Waals surface area (Å²) in [6.45, 7) is 2.20. The number of nitrogens with one attached hydrogen (secondary N) is 2. The number of amides is 2. The highest BCUT2D eigenvalue weighted by atomic mass is 16.2. The van der Waals surface area contributed by atoms with Gasteiger partial charge in [0, 0.05) is 19.2 Å². The summed E-state index contributed by atoms with van der Waals surface area (Å²) in [4.78, 5) is 11.8. The first kappa shape index (κ1) is 12.0. The van der Waals surface area contributed by atoms with Crippen LogP contribution >= 0.6 is 0 Å². The number of hydrogen-bond acceptors (Lipinski definition) is 2. The molecule has 5 heteroatoms. The summed E-state index contributed by atoms with van der Waals surface area (Å²) in [5.74, 6) is 1.28. The SMILES string of the molecule is CC1CCCCC1NC(=O)Nc1ccnn1C. The Morgan fingerprint density at radius 2 is 2.24 bits per heavy atom. The normalized spacial score (nSPS) is 24.4. The highest BCUT2D eigenvalue weighted by Crippen LogP contribution is 2.23. The molecule has 17 heavy (non-hydrogen) atoms. The Kier molecular flexibility index (Phi) is 3.66. The van der Waals surface area contributed by atoms with Gasteiger partial charge < -0.3 is 5.32 Å². The van der Waals surface area contributed by atoms with E-state index in [0.717, 1.165) is 6.42 Å². The highest BCUT2D eigenvalue weighted by molar-refractivity contribution is 5.88. The number of carbonyl (C=O) groups excluding carboxylic acids is 1. The zero-order valence-electron chi connectivity index (χ0n) is 10.4. The Hall–Kier alpha value is -1.52. The molecule has 0 spiro atoms. The van der Waals surface area contributed by atoms with Crippen LogP contribution in [0.25, 0.3) is 0 Å². The molecule has 1 aliphatic rings. The zero-order valence-corrected chi connectivity index (χ0v) is 10.4. The van der Waals surface area contributed by atoms with Crippen molar-refractivity contribution in [2.45, 2.75) is 38.6 Å². The quantitative estimate of drug-likeness (QED) is 0.826. The van der Waals surface area contributed by atoms with Crippen LogP contribution in [-0.4, -0.2) is 21.9 Å². The molecule has 0 bridgehead atoms. The van der Waals surface area contributed by atoms with Gasteiger partial charge >= 0.3 is 6.03 Å². The Bertz CT molecular complexity index is 388. The first-order chi connectivity index (χ1) is 8.16. The van der Waals surface area contributed by atoms with Gasteiger partial charge in [-0.3, -0.25) is 10.00 Å². The van der Waals surface area contributed by atoms with Gasteiger partial charge in [-0.05, 0) is 18.8 Å². The van der Waals surface area contributed by atoms with Crippen LogP contribution in [0, 0.1) is 5.92 Å². The second-order valence-electron chi connectivity index (χ2n) is 4.81. The summed E-state index contributed by atoms with van der Waals surface area (Å²) in [5.41, 5.74) is 0. The Morgan fingerprint density at radius 3 is 2.88 bits per heavy atom. The van der Waals surface area contributed by atoms with Crippen LogP contribution in [0.2, 0.25) is 0 Å². The number of aryl methyl sites for hydroxylation is 1. The lowest BCUT2D eigenvalue weighted by Gasteiger charge is -2.29. The third kappa shape index (κ3) is 2.99. The fourth-order valence-corrected chi connectivity index (χ4v) is 2.35. The summed E-state index contributed by atoms with van der Waals surface area (Å²) >= 11 is 0. The lowest BCUT2D eigenvalue weighted by atomic mass is 9.86. The van der Waals surface area contributed by atoms with E-state index in [0.29, 0.717) is 17.8 Å². The predicted molar refractivity (Wildman–Crippen MR) is 66.8 cm³/mol. The zero-order chi connectivity index (χ0) is 12.3. The van der Waals surface area contributed by atoms with Gasteiger partial charge in [0.2, 0.25) is 0 Å². The molecular formula is C12H20N4O. The minimum atomic E-state index is -0.132. The number of nitrogens with zero attached hydrogens (tertiary/aromatic N) is 2. The first-order valence-electron chi connectivity index (χ1n) is 6.22. The Morgan fingerprint density at radius 1 is 1.47 bits per heavy atom. The second-order valence-corrected chi connectivity index (χ2v) is 4.81. The molecular weight excluding hydrogens is 216 g/mol. The van der Waals surface area contributed by atoms with Crippen LogP contribution < -0.4 is 10.6 Å². The first-order valence-corrected chi connectivity index (χ1v) is 6.22. The third-order valence-corrected chi connectivity index (χ3v) is 3.49. The third-order valence-electron chi connectivity index (χ3n) is 3.49. The lowest BCUT2D eigenvalue weighted by Crippen LogP contribution is -2.43. The summed E-state index contributed by atoms with van der Waals surface area (Å²) in [7, 11) is 1.80. The van der Waals surface area contributed by atoms with Crippen molar-refractivity contribution in [3.63, 3.8) is 0 Å². The average Bonchev–Trinajstić information content (AvgIpc) is 2.68. The van der Waals surface area contributed by atoms with Gasteiger partial charge in [0.05, 0.1) is 6.20 Å². The van der Waals surface area contributed by atoms with Crippen molar-refractivity contribution in [1.82, 2.24) is 15.1 Å². The molecule has 5 nitrogen and oxygen atoms in total. The van der Waals surface area contributed by atoms with Crippen LogP contribution in [0.5, 0.6) is 0 Å². The van der Waals surface area contributed by atoms with Crippen molar-refractivity contribution in [2.75, 3.05) is 5.32 Å². The fraction of sp³-hybridized carbons (Fsp3) is 0.667. The number of aromatic nitrogens is 2. The number of hydrogen-bond donors (Lipinski definition) is 2. The van der Waals surface area contributed by atoms with Crippen LogP contribution in [0.15, 0.2) is 12.3 Å². The van der Waals surface area contributed by atoms with Crippen LogP contribution in [-0.2, 0) is 7.05 Å². The van der Waals surface area contributed by atoms with E-state index in [2.05, 4.69) is 22.7 Å². The van der Waals surface area contributed by atoms with E-state index >= 15 is 0 Å². The number of carbonyl (C=O) groups is 1. The summed E-state index contributed by atoms with van der Waals surface area (Å²) in [5, 5.41) is 9.86. The largest absolute Gasteiger partial charge is 0.335 e. The van der Waals surface area contributed by atoms with E-state index in [1.807, 2.05) is 0 Å². The van der Waals surface area contributed by atoms with Gasteiger partial charge in [-0.1, -0.05) is 19.8 Å². The average molecular weight is 236 g/mol. The van der Waals surface area contributed by atoms with E-state index in [1.165, 1.54) is 19.3 Å². The van der Waals surface area contributed by atoms with Crippen molar-refractivity contribution >= 4 is 11.8 Å². The van der Waals surface area contributed by atoms with Gasteiger partial charge in [-0.25, -0.2) is 4.79 Å². The van der Waals surface area contributed by atoms with Crippen molar-refractivity contribution in [1.29, 1.82) is 0 Å². The van der Waals surface area contributed by atoms with E-state index in [1.54, 1.807) is 24.0 Å². The summed E-state index contributed by atoms with van der Waals surface area (Å²) in [6, 6.07) is 1.95. The van der Waals surface area contributed by atoms with Crippen LogP contribution in [0.1, 0.15) is 32.6 Å². The van der Waals surface area contributed by atoms with Gasteiger partial charge in [0.1, 0.15) is 5.82 Å². The van der Waals surface area contributed by atoms with Gasteiger partial charge in [-0.2, -0.15) is 5.10 Å². The van der Waals surface area contributed by atoms with Crippen molar-refractivity contribution in [3.8, 4) is 0 Å². The van der Waals surface area contributed by atoms with Gasteiger partial charge in [0.15, 0.2) is 0 Å². The van der Waals surface area contributed by atoms with E-state index < -0.39 is 0 Å². The van der Waals surface area contributed by atoms with Crippen molar-refractivity contribution in [2.24, 2.45) is 13.0 Å². The maximum Gasteiger partial charge on any atom is 0.320 e. The molecule has 1 aromatic heterocycles. The molecule has 0 aromatic carbocycles. The molecule has 2 atom stereocenters. The Balaban J connectivity index is 1.86. The molecule has 1 fully saturated rings. The molecule has 0 aliphatic heterocycles. The molecule has 1 aromatic rings. The standard InChI is InChI=1S/C12H20N4O/c1-9-5-3-4-6-10(9)14-12(17)15-11-7-8-13-16(11)2/h7-10H,3-6H2,1-2H3,(H2,14,15,17). The highest BCUT2D eigenvalue weighted by Gasteiger charge is 2.22. The monoisotopic (exact) mass is 236 g/mol. The second kappa shape index (κ2) is 5.21. The summed E-state index contributed by atoms with van der Waals surface area (Å²) in [6.07, 6.45) is 6.44.